The average molecular weight is 628 g/mol. The SMILES string of the molecule is O=C1[C@H]2[C@@H](c3cccc(Br)c3)OC3(C(=O)c4ccccc4C3=O)[C@H]2C(=O)N1c1ccccc1I. The van der Waals surface area contributed by atoms with Crippen molar-refractivity contribution in [3.8, 4) is 0 Å². The first-order valence-electron chi connectivity index (χ1n) is 10.6. The number of fused-ring (bicyclic) bond motifs is 3. The lowest BCUT2D eigenvalue weighted by Gasteiger charge is -2.27. The molecule has 2 amide bonds. The first-order chi connectivity index (χ1) is 16.4. The summed E-state index contributed by atoms with van der Waals surface area (Å²) in [5.41, 5.74) is -0.582. The normalized spacial score (nSPS) is 24.8. The third kappa shape index (κ3) is 2.76. The van der Waals surface area contributed by atoms with Gasteiger partial charge in [-0.1, -0.05) is 64.5 Å². The van der Waals surface area contributed by atoms with Gasteiger partial charge in [-0.2, -0.15) is 0 Å². The molecule has 1 spiro atoms. The van der Waals surface area contributed by atoms with Crippen molar-refractivity contribution in [1.82, 2.24) is 0 Å². The molecule has 2 heterocycles. The highest BCUT2D eigenvalue weighted by atomic mass is 127. The number of rotatable bonds is 2. The predicted octanol–water partition coefficient (Wildman–Crippen LogP) is 4.75. The number of ketones is 2. The second-order valence-corrected chi connectivity index (χ2v) is 10.6. The maximum atomic E-state index is 13.9. The molecule has 0 radical (unpaired) electrons. The maximum Gasteiger partial charge on any atom is 0.241 e. The number of ether oxygens (including phenoxy) is 1. The zero-order valence-electron chi connectivity index (χ0n) is 17.4. The zero-order valence-corrected chi connectivity index (χ0v) is 21.1. The highest BCUT2D eigenvalue weighted by molar-refractivity contribution is 14.1. The largest absolute Gasteiger partial charge is 0.349 e. The van der Waals surface area contributed by atoms with Crippen molar-refractivity contribution >= 4 is 67.6 Å². The summed E-state index contributed by atoms with van der Waals surface area (Å²) >= 11 is 5.50. The number of nitrogens with zero attached hydrogens (tertiary/aromatic N) is 1. The molecule has 2 aliphatic heterocycles. The lowest BCUT2D eigenvalue weighted by atomic mass is 9.77. The smallest absolute Gasteiger partial charge is 0.241 e. The number of halogens is 2. The van der Waals surface area contributed by atoms with Crippen LogP contribution < -0.4 is 4.90 Å². The fraction of sp³-hybridized carbons (Fsp3) is 0.154. The minimum Gasteiger partial charge on any atom is -0.349 e. The number of hydrogen-bond acceptors (Lipinski definition) is 5. The van der Waals surface area contributed by atoms with E-state index in [0.29, 0.717) is 14.8 Å². The molecule has 8 heteroatoms. The molecule has 3 aromatic carbocycles. The minimum absolute atomic E-state index is 0.217. The van der Waals surface area contributed by atoms with E-state index in [4.69, 9.17) is 4.74 Å². The van der Waals surface area contributed by atoms with Crippen molar-refractivity contribution in [2.24, 2.45) is 11.8 Å². The number of anilines is 1. The van der Waals surface area contributed by atoms with Crippen molar-refractivity contribution in [3.63, 3.8) is 0 Å². The van der Waals surface area contributed by atoms with Gasteiger partial charge < -0.3 is 4.74 Å². The fourth-order valence-electron chi connectivity index (χ4n) is 5.37. The number of benzene rings is 3. The van der Waals surface area contributed by atoms with Gasteiger partial charge in [0.2, 0.25) is 29.0 Å². The lowest BCUT2D eigenvalue weighted by Crippen LogP contribution is -2.51. The first kappa shape index (κ1) is 21.8. The number of amides is 2. The number of carbonyl (C=O) groups is 4. The fourth-order valence-corrected chi connectivity index (χ4v) is 6.42. The Morgan fingerprint density at radius 1 is 0.824 bits per heavy atom. The van der Waals surface area contributed by atoms with Gasteiger partial charge in [0.05, 0.1) is 23.6 Å². The molecule has 2 fully saturated rings. The summed E-state index contributed by atoms with van der Waals surface area (Å²) in [6.45, 7) is 0. The molecular weight excluding hydrogens is 613 g/mol. The van der Waals surface area contributed by atoms with Crippen molar-refractivity contribution < 1.29 is 23.9 Å². The Hall–Kier alpha value is -2.69. The quantitative estimate of drug-likeness (QED) is 0.233. The Kier molecular flexibility index (Phi) is 4.91. The Bertz CT molecular complexity index is 1400. The van der Waals surface area contributed by atoms with Crippen LogP contribution in [0.3, 0.4) is 0 Å². The van der Waals surface area contributed by atoms with E-state index in [1.165, 1.54) is 0 Å². The molecule has 0 unspecified atom stereocenters. The number of hydrogen-bond donors (Lipinski definition) is 0. The molecule has 3 aliphatic rings. The van der Waals surface area contributed by atoms with Gasteiger partial charge in [0.25, 0.3) is 0 Å². The second-order valence-electron chi connectivity index (χ2n) is 8.50. The number of imide groups is 1. The summed E-state index contributed by atoms with van der Waals surface area (Å²) in [6, 6.07) is 20.7. The van der Waals surface area contributed by atoms with Crippen molar-refractivity contribution in [2.75, 3.05) is 4.90 Å². The van der Waals surface area contributed by atoms with E-state index in [-0.39, 0.29) is 11.1 Å². The van der Waals surface area contributed by atoms with Crippen LogP contribution in [0.1, 0.15) is 32.4 Å². The van der Waals surface area contributed by atoms with Gasteiger partial charge in [-0.05, 0) is 52.4 Å². The third-order valence-electron chi connectivity index (χ3n) is 6.79. The number of para-hydroxylation sites is 1. The Labute approximate surface area is 216 Å². The molecule has 0 saturated carbocycles. The van der Waals surface area contributed by atoms with E-state index in [1.54, 1.807) is 60.7 Å². The van der Waals surface area contributed by atoms with E-state index in [1.807, 2.05) is 12.1 Å². The van der Waals surface area contributed by atoms with Crippen LogP contribution >= 0.6 is 38.5 Å². The van der Waals surface area contributed by atoms with Gasteiger partial charge in [0, 0.05) is 19.2 Å². The van der Waals surface area contributed by atoms with E-state index < -0.39 is 46.9 Å². The molecule has 34 heavy (non-hydrogen) atoms. The molecule has 1 aliphatic carbocycles. The summed E-state index contributed by atoms with van der Waals surface area (Å²) in [4.78, 5) is 56.3. The van der Waals surface area contributed by atoms with Crippen LogP contribution in [0.25, 0.3) is 0 Å². The second kappa shape index (κ2) is 7.66. The summed E-state index contributed by atoms with van der Waals surface area (Å²) in [6.07, 6.45) is -0.937. The van der Waals surface area contributed by atoms with Crippen molar-refractivity contribution in [1.29, 1.82) is 0 Å². The van der Waals surface area contributed by atoms with Crippen LogP contribution in [0, 0.1) is 15.4 Å². The monoisotopic (exact) mass is 627 g/mol. The van der Waals surface area contributed by atoms with Gasteiger partial charge in [-0.3, -0.25) is 19.2 Å². The molecule has 3 atom stereocenters. The van der Waals surface area contributed by atoms with E-state index in [0.717, 1.165) is 9.37 Å². The molecule has 0 N–H and O–H groups in total. The van der Waals surface area contributed by atoms with Gasteiger partial charge in [0.1, 0.15) is 0 Å². The Morgan fingerprint density at radius 3 is 2.12 bits per heavy atom. The topological polar surface area (TPSA) is 80.8 Å². The summed E-state index contributed by atoms with van der Waals surface area (Å²) in [5.74, 6) is -4.46. The van der Waals surface area contributed by atoms with Crippen LogP contribution in [0.5, 0.6) is 0 Å². The molecule has 0 aromatic heterocycles. The van der Waals surface area contributed by atoms with Crippen molar-refractivity contribution in [2.45, 2.75) is 11.7 Å². The molecule has 3 aromatic rings. The summed E-state index contributed by atoms with van der Waals surface area (Å²) in [5, 5.41) is 0. The predicted molar refractivity (Wildman–Crippen MR) is 134 cm³/mol. The van der Waals surface area contributed by atoms with Crippen LogP contribution in [0.15, 0.2) is 77.3 Å². The van der Waals surface area contributed by atoms with Crippen molar-refractivity contribution in [3.05, 3.63) is 97.5 Å². The average Bonchev–Trinajstić information content (AvgIpc) is 3.40. The number of Topliss-reactive ketones (excluding diaryl/α,β-unsaturated/α-hetero) is 2. The summed E-state index contributed by atoms with van der Waals surface area (Å²) < 4.78 is 7.76. The lowest BCUT2D eigenvalue weighted by molar-refractivity contribution is -0.127. The molecule has 168 valence electrons. The Morgan fingerprint density at radius 2 is 1.47 bits per heavy atom. The standard InChI is InChI=1S/C26H15BrINO5/c27-14-7-5-6-13(12-14)21-19-20(25(33)29(24(19)32)18-11-4-3-10-17(18)28)26(34-21)22(30)15-8-1-2-9-16(15)23(26)31/h1-12,19-21H/t19-,20-,21-/m1/s1. The van der Waals surface area contributed by atoms with Gasteiger partial charge >= 0.3 is 0 Å². The molecule has 6 nitrogen and oxygen atoms in total. The van der Waals surface area contributed by atoms with E-state index in [2.05, 4.69) is 38.5 Å². The Balaban J connectivity index is 1.57. The van der Waals surface area contributed by atoms with Crippen LogP contribution in [0.4, 0.5) is 5.69 Å². The molecular formula is C26H15BrINO5. The number of carbonyl (C=O) groups excluding carboxylic acids is 4. The molecule has 2 saturated heterocycles. The van der Waals surface area contributed by atoms with Gasteiger partial charge in [-0.15, -0.1) is 0 Å². The zero-order chi connectivity index (χ0) is 23.8. The molecule has 0 bridgehead atoms. The maximum absolute atomic E-state index is 13.9. The van der Waals surface area contributed by atoms with E-state index in [9.17, 15) is 19.2 Å². The minimum atomic E-state index is -2.07. The van der Waals surface area contributed by atoms with Crippen LogP contribution in [0.2, 0.25) is 0 Å². The van der Waals surface area contributed by atoms with Crippen LogP contribution in [-0.2, 0) is 14.3 Å². The van der Waals surface area contributed by atoms with Gasteiger partial charge in [-0.25, -0.2) is 4.90 Å². The highest BCUT2D eigenvalue weighted by Gasteiger charge is 2.74. The van der Waals surface area contributed by atoms with E-state index >= 15 is 0 Å². The highest BCUT2D eigenvalue weighted by Crippen LogP contribution is 2.58. The van der Waals surface area contributed by atoms with Crippen LogP contribution in [-0.4, -0.2) is 29.0 Å². The summed E-state index contributed by atoms with van der Waals surface area (Å²) in [7, 11) is 0. The first-order valence-corrected chi connectivity index (χ1v) is 12.5. The van der Waals surface area contributed by atoms with Gasteiger partial charge in [0.15, 0.2) is 0 Å². The molecule has 6 rings (SSSR count). The third-order valence-corrected chi connectivity index (χ3v) is 8.20.